The van der Waals surface area contributed by atoms with Gasteiger partial charge in [-0.1, -0.05) is 11.8 Å². The van der Waals surface area contributed by atoms with Crippen LogP contribution in [0.25, 0.3) is 0 Å². The number of rotatable bonds is 7. The van der Waals surface area contributed by atoms with Gasteiger partial charge in [-0.3, -0.25) is 10.1 Å². The van der Waals surface area contributed by atoms with Crippen LogP contribution in [0, 0.1) is 0 Å². The van der Waals surface area contributed by atoms with Crippen LogP contribution in [0.15, 0.2) is 22.1 Å². The van der Waals surface area contributed by atoms with Crippen LogP contribution in [0.5, 0.6) is 0 Å². The molecule has 0 saturated carbocycles. The highest BCUT2D eigenvalue weighted by atomic mass is 32.2. The molecule has 102 valence electrons. The summed E-state index contributed by atoms with van der Waals surface area (Å²) in [5.74, 6) is 0.482. The van der Waals surface area contributed by atoms with Crippen molar-refractivity contribution in [3.05, 3.63) is 12.5 Å². The molecule has 1 aromatic heterocycles. The molecule has 18 heavy (non-hydrogen) atoms. The molecule has 0 aliphatic carbocycles. The van der Waals surface area contributed by atoms with E-state index in [0.29, 0.717) is 11.6 Å². The Bertz CT molecular complexity index is 367. The zero-order valence-electron chi connectivity index (χ0n) is 11.2. The molecule has 1 heterocycles. The first-order valence-electron chi connectivity index (χ1n) is 5.86. The molecule has 0 fully saturated rings. The highest BCUT2D eigenvalue weighted by molar-refractivity contribution is 7.99. The number of methoxy groups -OCH3 is 1. The second-order valence-corrected chi connectivity index (χ2v) is 5.57. The van der Waals surface area contributed by atoms with Gasteiger partial charge >= 0.3 is 5.97 Å². The topological polar surface area (TPSA) is 64.4 Å². The molecule has 6 heteroatoms. The van der Waals surface area contributed by atoms with E-state index in [-0.39, 0.29) is 12.0 Å². The monoisotopic (exact) mass is 272 g/mol. The van der Waals surface area contributed by atoms with E-state index in [1.54, 1.807) is 6.20 Å². The zero-order valence-corrected chi connectivity index (χ0v) is 12.0. The van der Waals surface area contributed by atoms with Crippen LogP contribution in [0.3, 0.4) is 0 Å². The molecule has 1 atom stereocenters. The van der Waals surface area contributed by atoms with E-state index in [0.717, 1.165) is 5.75 Å². The molecule has 1 aromatic rings. The average molecular weight is 272 g/mol. The molecule has 0 aliphatic rings. The molecule has 0 aliphatic heterocycles. The number of aromatic nitrogens is 1. The Labute approximate surface area is 112 Å². The number of oxazole rings is 1. The van der Waals surface area contributed by atoms with Crippen molar-refractivity contribution in [1.29, 1.82) is 0 Å². The number of nitrogens with zero attached hydrogens (tertiary/aromatic N) is 1. The quantitative estimate of drug-likeness (QED) is 0.605. The summed E-state index contributed by atoms with van der Waals surface area (Å²) in [4.78, 5) is 15.9. The molecule has 0 aromatic carbocycles. The predicted octanol–water partition coefficient (Wildman–Crippen LogP) is 2.09. The lowest BCUT2D eigenvalue weighted by atomic mass is 9.98. The van der Waals surface area contributed by atoms with Crippen molar-refractivity contribution in [3.8, 4) is 0 Å². The third-order valence-electron chi connectivity index (χ3n) is 2.48. The standard InChI is InChI=1S/C12H20N2O3S/c1-9(2)14-12(3,10(15)16-4)5-8-18-11-13-6-7-17-11/h6-7,9,14H,5,8H2,1-4H3. The van der Waals surface area contributed by atoms with Crippen LogP contribution in [0.4, 0.5) is 0 Å². The molecule has 0 amide bonds. The number of carbonyl (C=O) groups excluding carboxylic acids is 1. The molecular weight excluding hydrogens is 252 g/mol. The Morgan fingerprint density at radius 2 is 2.39 bits per heavy atom. The van der Waals surface area contributed by atoms with Gasteiger partial charge in [0, 0.05) is 11.8 Å². The van der Waals surface area contributed by atoms with Gasteiger partial charge in [-0.25, -0.2) is 4.98 Å². The maximum Gasteiger partial charge on any atom is 0.325 e. The minimum Gasteiger partial charge on any atom is -0.468 e. The normalized spacial score (nSPS) is 14.5. The lowest BCUT2D eigenvalue weighted by molar-refractivity contribution is -0.148. The van der Waals surface area contributed by atoms with E-state index in [4.69, 9.17) is 9.15 Å². The van der Waals surface area contributed by atoms with Crippen molar-refractivity contribution >= 4 is 17.7 Å². The van der Waals surface area contributed by atoms with Crippen molar-refractivity contribution in [2.75, 3.05) is 12.9 Å². The first kappa shape index (κ1) is 15.0. The minimum absolute atomic E-state index is 0.209. The van der Waals surface area contributed by atoms with Crippen molar-refractivity contribution in [2.24, 2.45) is 0 Å². The van der Waals surface area contributed by atoms with E-state index in [1.165, 1.54) is 25.1 Å². The van der Waals surface area contributed by atoms with Gasteiger partial charge in [0.15, 0.2) is 0 Å². The molecular formula is C12H20N2O3S. The lowest BCUT2D eigenvalue weighted by Gasteiger charge is -2.29. The molecule has 0 saturated heterocycles. The third-order valence-corrected chi connectivity index (χ3v) is 3.34. The van der Waals surface area contributed by atoms with E-state index in [1.807, 2.05) is 20.8 Å². The van der Waals surface area contributed by atoms with Gasteiger partial charge in [0.1, 0.15) is 11.8 Å². The van der Waals surface area contributed by atoms with E-state index >= 15 is 0 Å². The van der Waals surface area contributed by atoms with Crippen molar-refractivity contribution in [1.82, 2.24) is 10.3 Å². The molecule has 1 unspecified atom stereocenters. The Balaban J connectivity index is 2.53. The van der Waals surface area contributed by atoms with Crippen LogP contribution in [-0.4, -0.2) is 35.4 Å². The van der Waals surface area contributed by atoms with Crippen molar-refractivity contribution in [3.63, 3.8) is 0 Å². The molecule has 0 radical (unpaired) electrons. The number of hydrogen-bond donors (Lipinski definition) is 1. The number of ether oxygens (including phenoxy) is 1. The fraction of sp³-hybridized carbons (Fsp3) is 0.667. The lowest BCUT2D eigenvalue weighted by Crippen LogP contribution is -2.53. The summed E-state index contributed by atoms with van der Waals surface area (Å²) in [6, 6.07) is 0.209. The summed E-state index contributed by atoms with van der Waals surface area (Å²) < 4.78 is 9.99. The number of thioether (sulfide) groups is 1. The van der Waals surface area contributed by atoms with E-state index < -0.39 is 5.54 Å². The highest BCUT2D eigenvalue weighted by Gasteiger charge is 2.34. The maximum atomic E-state index is 11.8. The first-order chi connectivity index (χ1) is 8.48. The summed E-state index contributed by atoms with van der Waals surface area (Å²) in [5, 5.41) is 3.87. The number of nitrogens with one attached hydrogen (secondary N) is 1. The summed E-state index contributed by atoms with van der Waals surface area (Å²) in [7, 11) is 1.41. The molecule has 5 nitrogen and oxygen atoms in total. The van der Waals surface area contributed by atoms with Gasteiger partial charge in [-0.15, -0.1) is 0 Å². The van der Waals surface area contributed by atoms with Crippen molar-refractivity contribution < 1.29 is 13.9 Å². The van der Waals surface area contributed by atoms with Gasteiger partial charge in [-0.05, 0) is 27.2 Å². The highest BCUT2D eigenvalue weighted by Crippen LogP contribution is 2.21. The van der Waals surface area contributed by atoms with Crippen LogP contribution in [0.2, 0.25) is 0 Å². The summed E-state index contributed by atoms with van der Waals surface area (Å²) in [5.41, 5.74) is -0.678. The van der Waals surface area contributed by atoms with Gasteiger partial charge in [-0.2, -0.15) is 0 Å². The average Bonchev–Trinajstić information content (AvgIpc) is 2.80. The van der Waals surface area contributed by atoms with E-state index in [9.17, 15) is 4.79 Å². The Kier molecular flexibility index (Phi) is 5.68. The van der Waals surface area contributed by atoms with E-state index in [2.05, 4.69) is 10.3 Å². The van der Waals surface area contributed by atoms with Gasteiger partial charge in [0.05, 0.1) is 13.3 Å². The van der Waals surface area contributed by atoms with Crippen LogP contribution < -0.4 is 5.32 Å². The SMILES string of the molecule is COC(=O)C(C)(CCSc1ncco1)NC(C)C. The van der Waals surface area contributed by atoms with Gasteiger partial charge in [0.25, 0.3) is 5.22 Å². The fourth-order valence-electron chi connectivity index (χ4n) is 1.72. The smallest absolute Gasteiger partial charge is 0.325 e. The Morgan fingerprint density at radius 3 is 2.89 bits per heavy atom. The minimum atomic E-state index is -0.678. The third kappa shape index (κ3) is 4.34. The summed E-state index contributed by atoms with van der Waals surface area (Å²) in [6.07, 6.45) is 3.79. The fourth-order valence-corrected chi connectivity index (χ4v) is 2.66. The van der Waals surface area contributed by atoms with Gasteiger partial charge in [0.2, 0.25) is 0 Å². The molecule has 0 spiro atoms. The first-order valence-corrected chi connectivity index (χ1v) is 6.85. The molecule has 1 rings (SSSR count). The van der Waals surface area contributed by atoms with Gasteiger partial charge < -0.3 is 9.15 Å². The summed E-state index contributed by atoms with van der Waals surface area (Å²) in [6.45, 7) is 5.86. The van der Waals surface area contributed by atoms with Crippen LogP contribution >= 0.6 is 11.8 Å². The second-order valence-electron chi connectivity index (χ2n) is 4.52. The predicted molar refractivity (Wildman–Crippen MR) is 70.5 cm³/mol. The number of carbonyl (C=O) groups is 1. The largest absolute Gasteiger partial charge is 0.468 e. The van der Waals surface area contributed by atoms with Crippen LogP contribution in [-0.2, 0) is 9.53 Å². The molecule has 1 N–H and O–H groups in total. The molecule has 0 bridgehead atoms. The summed E-state index contributed by atoms with van der Waals surface area (Å²) >= 11 is 1.48. The maximum absolute atomic E-state index is 11.8. The zero-order chi connectivity index (χ0) is 13.6. The number of hydrogen-bond acceptors (Lipinski definition) is 6. The van der Waals surface area contributed by atoms with Crippen LogP contribution in [0.1, 0.15) is 27.2 Å². The Hall–Kier alpha value is -1.01. The van der Waals surface area contributed by atoms with Crippen molar-refractivity contribution in [2.45, 2.75) is 44.0 Å². The second kappa shape index (κ2) is 6.80. The Morgan fingerprint density at radius 1 is 1.67 bits per heavy atom. The number of esters is 1.